The van der Waals surface area contributed by atoms with E-state index in [2.05, 4.69) is 4.90 Å². The summed E-state index contributed by atoms with van der Waals surface area (Å²) in [5.41, 5.74) is 1.03. The molecule has 1 aromatic heterocycles. The van der Waals surface area contributed by atoms with Crippen molar-refractivity contribution in [3.8, 4) is 5.75 Å². The maximum Gasteiger partial charge on any atom is 0.336 e. The molecular formula is C25H35NO9. The molecule has 1 aromatic carbocycles. The lowest BCUT2D eigenvalue weighted by atomic mass is 10.1. The minimum Gasteiger partial charge on any atom is -0.497 e. The molecule has 2 saturated heterocycles. The fraction of sp³-hybridized carbons (Fsp3) is 0.640. The van der Waals surface area contributed by atoms with E-state index in [1.807, 2.05) is 12.1 Å². The first-order chi connectivity index (χ1) is 17.2. The fourth-order valence-electron chi connectivity index (χ4n) is 4.26. The van der Waals surface area contributed by atoms with Gasteiger partial charge in [-0.3, -0.25) is 4.90 Å². The smallest absolute Gasteiger partial charge is 0.336 e. The Hall–Kier alpha value is -2.05. The molecule has 10 nitrogen and oxygen atoms in total. The van der Waals surface area contributed by atoms with E-state index in [1.165, 1.54) is 0 Å². The molecule has 10 heteroatoms. The van der Waals surface area contributed by atoms with Crippen molar-refractivity contribution in [2.75, 3.05) is 86.3 Å². The molecule has 0 bridgehead atoms. The van der Waals surface area contributed by atoms with Crippen LogP contribution in [0.3, 0.4) is 0 Å². The van der Waals surface area contributed by atoms with Gasteiger partial charge in [0.05, 0.1) is 85.4 Å². The van der Waals surface area contributed by atoms with E-state index >= 15 is 0 Å². The summed E-state index contributed by atoms with van der Waals surface area (Å²) in [5, 5.41) is 0.885. The third-order valence-corrected chi connectivity index (χ3v) is 5.96. The monoisotopic (exact) mass is 493 g/mol. The van der Waals surface area contributed by atoms with E-state index in [-0.39, 0.29) is 17.8 Å². The Balaban J connectivity index is 1.38. The van der Waals surface area contributed by atoms with Crippen molar-refractivity contribution in [1.82, 2.24) is 4.90 Å². The molecule has 0 saturated carbocycles. The van der Waals surface area contributed by atoms with E-state index in [1.54, 1.807) is 19.2 Å². The number of likely N-dealkylation sites (tertiary alicyclic amines) is 1. The summed E-state index contributed by atoms with van der Waals surface area (Å²) in [4.78, 5) is 14.4. The molecule has 4 rings (SSSR count). The molecule has 0 aliphatic carbocycles. The van der Waals surface area contributed by atoms with Crippen LogP contribution in [0.1, 0.15) is 5.56 Å². The molecule has 0 amide bonds. The molecule has 0 radical (unpaired) electrons. The van der Waals surface area contributed by atoms with Crippen molar-refractivity contribution in [3.63, 3.8) is 0 Å². The summed E-state index contributed by atoms with van der Waals surface area (Å²) in [5.74, 6) is 0.644. The van der Waals surface area contributed by atoms with Gasteiger partial charge in [-0.15, -0.1) is 0 Å². The first-order valence-corrected chi connectivity index (χ1v) is 12.1. The van der Waals surface area contributed by atoms with Gasteiger partial charge < -0.3 is 37.6 Å². The van der Waals surface area contributed by atoms with E-state index in [0.717, 1.165) is 10.9 Å². The SMILES string of the molecule is COc1ccc2c(CN3C[C@H]4OCCOCCOCCOCCOCCO[C@@H]4C3)cc(=O)oc2c1. The quantitative estimate of drug-likeness (QED) is 0.585. The van der Waals surface area contributed by atoms with Crippen LogP contribution in [0.2, 0.25) is 0 Å². The van der Waals surface area contributed by atoms with E-state index in [0.29, 0.717) is 97.0 Å². The second-order valence-corrected chi connectivity index (χ2v) is 8.41. The van der Waals surface area contributed by atoms with Gasteiger partial charge >= 0.3 is 5.63 Å². The van der Waals surface area contributed by atoms with Crippen LogP contribution in [-0.4, -0.2) is 103 Å². The van der Waals surface area contributed by atoms with E-state index in [9.17, 15) is 4.79 Å². The molecule has 0 N–H and O–H groups in total. The van der Waals surface area contributed by atoms with Gasteiger partial charge in [0.2, 0.25) is 0 Å². The summed E-state index contributed by atoms with van der Waals surface area (Å²) < 4.78 is 45.1. The minimum absolute atomic E-state index is 0.108. The summed E-state index contributed by atoms with van der Waals surface area (Å²) in [7, 11) is 1.59. The zero-order chi connectivity index (χ0) is 24.3. The van der Waals surface area contributed by atoms with Gasteiger partial charge in [-0.25, -0.2) is 4.79 Å². The molecule has 35 heavy (non-hydrogen) atoms. The zero-order valence-electron chi connectivity index (χ0n) is 20.3. The normalized spacial score (nSPS) is 24.5. The molecule has 2 aliphatic rings. The van der Waals surface area contributed by atoms with Crippen molar-refractivity contribution in [2.24, 2.45) is 0 Å². The van der Waals surface area contributed by atoms with Crippen molar-refractivity contribution >= 4 is 11.0 Å². The molecular weight excluding hydrogens is 458 g/mol. The van der Waals surface area contributed by atoms with Gasteiger partial charge in [0.1, 0.15) is 11.3 Å². The lowest BCUT2D eigenvalue weighted by Crippen LogP contribution is -2.32. The molecule has 0 unspecified atom stereocenters. The highest BCUT2D eigenvalue weighted by molar-refractivity contribution is 5.81. The second-order valence-electron chi connectivity index (χ2n) is 8.41. The van der Waals surface area contributed by atoms with Crippen LogP contribution in [-0.2, 0) is 35.0 Å². The van der Waals surface area contributed by atoms with Gasteiger partial charge in [-0.1, -0.05) is 0 Å². The topological polar surface area (TPSA) is 98.1 Å². The Kier molecular flexibility index (Phi) is 10.3. The van der Waals surface area contributed by atoms with Gasteiger partial charge in [0.15, 0.2) is 0 Å². The number of methoxy groups -OCH3 is 1. The first kappa shape index (κ1) is 26.0. The van der Waals surface area contributed by atoms with Gasteiger partial charge in [-0.2, -0.15) is 0 Å². The third-order valence-electron chi connectivity index (χ3n) is 5.96. The third kappa shape index (κ3) is 7.97. The Labute approximate surface area is 204 Å². The lowest BCUT2D eigenvalue weighted by Gasteiger charge is -2.20. The highest BCUT2D eigenvalue weighted by Crippen LogP contribution is 2.25. The molecule has 3 heterocycles. The average Bonchev–Trinajstić information content (AvgIpc) is 3.23. The number of rotatable bonds is 3. The van der Waals surface area contributed by atoms with Crippen molar-refractivity contribution in [3.05, 3.63) is 40.2 Å². The summed E-state index contributed by atoms with van der Waals surface area (Å²) in [6.45, 7) is 6.98. The van der Waals surface area contributed by atoms with Crippen LogP contribution in [0.5, 0.6) is 5.75 Å². The number of hydrogen-bond donors (Lipinski definition) is 0. The largest absolute Gasteiger partial charge is 0.497 e. The minimum atomic E-state index is -0.383. The summed E-state index contributed by atoms with van der Waals surface area (Å²) in [6, 6.07) is 7.07. The number of ether oxygens (including phenoxy) is 7. The van der Waals surface area contributed by atoms with Crippen molar-refractivity contribution < 1.29 is 37.6 Å². The molecule has 194 valence electrons. The van der Waals surface area contributed by atoms with Crippen LogP contribution in [0.15, 0.2) is 33.5 Å². The van der Waals surface area contributed by atoms with Crippen LogP contribution >= 0.6 is 0 Å². The van der Waals surface area contributed by atoms with E-state index < -0.39 is 0 Å². The predicted octanol–water partition coefficient (Wildman–Crippen LogP) is 1.47. The Morgan fingerprint density at radius 1 is 0.800 bits per heavy atom. The fourth-order valence-corrected chi connectivity index (χ4v) is 4.26. The van der Waals surface area contributed by atoms with Gasteiger partial charge in [0.25, 0.3) is 0 Å². The number of fused-ring (bicyclic) bond motifs is 2. The number of benzene rings is 1. The maximum atomic E-state index is 12.2. The average molecular weight is 494 g/mol. The maximum absolute atomic E-state index is 12.2. The van der Waals surface area contributed by atoms with Crippen LogP contribution in [0.25, 0.3) is 11.0 Å². The van der Waals surface area contributed by atoms with Crippen molar-refractivity contribution in [1.29, 1.82) is 0 Å². The number of nitrogens with zero attached hydrogens (tertiary/aromatic N) is 1. The Morgan fingerprint density at radius 2 is 1.34 bits per heavy atom. The molecule has 2 fully saturated rings. The van der Waals surface area contributed by atoms with Gasteiger partial charge in [0, 0.05) is 37.2 Å². The Morgan fingerprint density at radius 3 is 1.89 bits per heavy atom. The van der Waals surface area contributed by atoms with Gasteiger partial charge in [-0.05, 0) is 17.7 Å². The van der Waals surface area contributed by atoms with Crippen LogP contribution in [0, 0.1) is 0 Å². The Bertz CT molecular complexity index is 940. The van der Waals surface area contributed by atoms with E-state index in [4.69, 9.17) is 37.6 Å². The predicted molar refractivity (Wildman–Crippen MR) is 127 cm³/mol. The van der Waals surface area contributed by atoms with Crippen LogP contribution in [0.4, 0.5) is 0 Å². The van der Waals surface area contributed by atoms with Crippen molar-refractivity contribution in [2.45, 2.75) is 18.8 Å². The first-order valence-electron chi connectivity index (χ1n) is 12.1. The standard InChI is InChI=1S/C25H35NO9/c1-28-20-2-3-21-19(14-25(27)35-22(21)15-20)16-26-17-23-24(18-26)34-13-11-32-9-7-30-5-4-29-6-8-31-10-12-33-23/h2-3,14-15,23-24H,4-13,16-18H2,1H3/t23-,24-/m1/s1. The van der Waals surface area contributed by atoms with Crippen LogP contribution < -0.4 is 10.4 Å². The molecule has 2 aromatic rings. The zero-order valence-corrected chi connectivity index (χ0v) is 20.3. The lowest BCUT2D eigenvalue weighted by molar-refractivity contribution is -0.0794. The molecule has 2 atom stereocenters. The second kappa shape index (κ2) is 13.9. The summed E-state index contributed by atoms with van der Waals surface area (Å²) in [6.07, 6.45) is -0.216. The molecule has 0 spiro atoms. The highest BCUT2D eigenvalue weighted by atomic mass is 16.6. The molecule has 2 aliphatic heterocycles. The summed E-state index contributed by atoms with van der Waals surface area (Å²) >= 11 is 0. The number of hydrogen-bond acceptors (Lipinski definition) is 10. The highest BCUT2D eigenvalue weighted by Gasteiger charge is 2.34.